The molecule has 0 bridgehead atoms. The molecule has 1 aliphatic carbocycles. The van der Waals surface area contributed by atoms with Crippen LogP contribution in [0, 0.1) is 5.41 Å². The molecule has 1 saturated heterocycles. The van der Waals surface area contributed by atoms with Crippen molar-refractivity contribution < 1.29 is 27.4 Å². The van der Waals surface area contributed by atoms with Crippen molar-refractivity contribution in [1.82, 2.24) is 0 Å². The lowest BCUT2D eigenvalue weighted by atomic mass is 9.67. The van der Waals surface area contributed by atoms with Gasteiger partial charge in [-0.15, -0.1) is 0 Å². The van der Waals surface area contributed by atoms with Gasteiger partial charge in [-0.1, -0.05) is 41.9 Å². The summed E-state index contributed by atoms with van der Waals surface area (Å²) < 4.78 is 57.8. The number of hydrogen-bond acceptors (Lipinski definition) is 3. The van der Waals surface area contributed by atoms with Crippen LogP contribution in [0.1, 0.15) is 47.0 Å². The maximum Gasteiger partial charge on any atom is 0.419 e. The van der Waals surface area contributed by atoms with E-state index in [2.05, 4.69) is 15.9 Å². The molecule has 142 valence electrons. The highest BCUT2D eigenvalue weighted by Gasteiger charge is 2.66. The Hall–Kier alpha value is -0.530. The first-order valence-electron chi connectivity index (χ1n) is 8.45. The average Bonchev–Trinajstić information content (AvgIpc) is 3.03. The molecule has 3 nitrogen and oxygen atoms in total. The SMILES string of the molecule is CC1(C)OCC(CC(C)(C)C2(Br)CC=CC3=C2OCC3)(C(F)(F)F)O1. The number of ether oxygens (including phenoxy) is 3. The van der Waals surface area contributed by atoms with Crippen molar-refractivity contribution in [1.29, 1.82) is 0 Å². The predicted molar refractivity (Wildman–Crippen MR) is 91.3 cm³/mol. The van der Waals surface area contributed by atoms with Gasteiger partial charge in [-0.2, -0.15) is 13.2 Å². The van der Waals surface area contributed by atoms with Gasteiger partial charge < -0.3 is 14.2 Å². The summed E-state index contributed by atoms with van der Waals surface area (Å²) in [6, 6.07) is 0. The zero-order valence-corrected chi connectivity index (χ0v) is 16.5. The third-order valence-electron chi connectivity index (χ3n) is 5.40. The van der Waals surface area contributed by atoms with Gasteiger partial charge >= 0.3 is 6.18 Å². The van der Waals surface area contributed by atoms with Crippen LogP contribution in [0.2, 0.25) is 0 Å². The third-order valence-corrected chi connectivity index (χ3v) is 7.16. The van der Waals surface area contributed by atoms with E-state index < -0.39 is 33.9 Å². The van der Waals surface area contributed by atoms with Crippen LogP contribution in [0.3, 0.4) is 0 Å². The summed E-state index contributed by atoms with van der Waals surface area (Å²) in [5.74, 6) is -0.498. The van der Waals surface area contributed by atoms with Crippen LogP contribution in [-0.4, -0.2) is 35.1 Å². The van der Waals surface area contributed by atoms with Crippen molar-refractivity contribution in [3.63, 3.8) is 0 Å². The molecule has 0 radical (unpaired) electrons. The summed E-state index contributed by atoms with van der Waals surface area (Å²) in [4.78, 5) is 0. The van der Waals surface area contributed by atoms with Crippen LogP contribution in [0.5, 0.6) is 0 Å². The topological polar surface area (TPSA) is 27.7 Å². The van der Waals surface area contributed by atoms with Gasteiger partial charge in [0.15, 0.2) is 11.4 Å². The third kappa shape index (κ3) is 3.06. The second kappa shape index (κ2) is 5.73. The molecule has 0 aromatic rings. The molecule has 3 aliphatic rings. The molecule has 0 aromatic heterocycles. The van der Waals surface area contributed by atoms with Crippen LogP contribution in [0.4, 0.5) is 13.2 Å². The van der Waals surface area contributed by atoms with E-state index in [9.17, 15) is 13.2 Å². The molecule has 2 unspecified atom stereocenters. The monoisotopic (exact) mass is 424 g/mol. The predicted octanol–water partition coefficient (Wildman–Crippen LogP) is 5.25. The van der Waals surface area contributed by atoms with E-state index in [0.29, 0.717) is 13.0 Å². The standard InChI is InChI=1S/C18H24BrF3O3/c1-14(2,17(19)8-5-6-12-7-9-23-13(12)17)10-16(18(20,21)22)11-24-15(3,4)25-16/h5-6H,7-11H2,1-4H3. The number of rotatable bonds is 3. The second-order valence-electron chi connectivity index (χ2n) is 8.20. The second-order valence-corrected chi connectivity index (χ2v) is 9.56. The average molecular weight is 425 g/mol. The van der Waals surface area contributed by atoms with E-state index in [1.165, 1.54) is 13.8 Å². The Bertz CT molecular complexity index is 624. The van der Waals surface area contributed by atoms with Gasteiger partial charge in [-0.05, 0) is 37.7 Å². The van der Waals surface area contributed by atoms with Gasteiger partial charge in [0.2, 0.25) is 0 Å². The molecule has 0 amide bonds. The summed E-state index contributed by atoms with van der Waals surface area (Å²) in [5.41, 5.74) is -2.07. The van der Waals surface area contributed by atoms with E-state index in [1.54, 1.807) is 0 Å². The normalized spacial score (nSPS) is 35.0. The minimum absolute atomic E-state index is 0.230. The van der Waals surface area contributed by atoms with Crippen molar-refractivity contribution in [2.24, 2.45) is 5.41 Å². The molecule has 25 heavy (non-hydrogen) atoms. The van der Waals surface area contributed by atoms with Crippen LogP contribution >= 0.6 is 15.9 Å². The highest BCUT2D eigenvalue weighted by molar-refractivity contribution is 9.10. The largest absolute Gasteiger partial charge is 0.496 e. The minimum atomic E-state index is -4.53. The van der Waals surface area contributed by atoms with Crippen molar-refractivity contribution in [3.8, 4) is 0 Å². The molecule has 2 heterocycles. The van der Waals surface area contributed by atoms with E-state index in [1.807, 2.05) is 26.0 Å². The van der Waals surface area contributed by atoms with Gasteiger partial charge in [0.05, 0.1) is 17.5 Å². The zero-order valence-electron chi connectivity index (χ0n) is 14.9. The Morgan fingerprint density at radius 1 is 1.24 bits per heavy atom. The first kappa shape index (κ1) is 19.2. The molecule has 0 aromatic carbocycles. The molecule has 2 atom stereocenters. The first-order valence-corrected chi connectivity index (χ1v) is 9.24. The van der Waals surface area contributed by atoms with Crippen LogP contribution < -0.4 is 0 Å². The Kier molecular flexibility index (Phi) is 4.41. The van der Waals surface area contributed by atoms with Gasteiger partial charge in [0.1, 0.15) is 5.76 Å². The molecule has 0 spiro atoms. The highest BCUT2D eigenvalue weighted by Crippen LogP contribution is 2.58. The number of hydrogen-bond donors (Lipinski definition) is 0. The molecule has 3 rings (SSSR count). The molecule has 0 saturated carbocycles. The molecule has 0 N–H and O–H groups in total. The summed E-state index contributed by atoms with van der Waals surface area (Å²) in [7, 11) is 0. The van der Waals surface area contributed by atoms with E-state index >= 15 is 0 Å². The number of alkyl halides is 4. The Labute approximate surface area is 154 Å². The van der Waals surface area contributed by atoms with E-state index in [-0.39, 0.29) is 6.42 Å². The lowest BCUT2D eigenvalue weighted by molar-refractivity contribution is -0.292. The molecule has 1 fully saturated rings. The summed E-state index contributed by atoms with van der Waals surface area (Å²) in [5, 5.41) is 0. The van der Waals surface area contributed by atoms with E-state index in [0.717, 1.165) is 17.8 Å². The van der Waals surface area contributed by atoms with Crippen molar-refractivity contribution in [2.45, 2.75) is 68.8 Å². The summed E-state index contributed by atoms with van der Waals surface area (Å²) >= 11 is 3.75. The summed E-state index contributed by atoms with van der Waals surface area (Å²) in [6.07, 6.45) is 0.602. The van der Waals surface area contributed by atoms with Crippen LogP contribution in [0.15, 0.2) is 23.5 Å². The van der Waals surface area contributed by atoms with Crippen molar-refractivity contribution in [3.05, 3.63) is 23.5 Å². The van der Waals surface area contributed by atoms with Crippen LogP contribution in [0.25, 0.3) is 0 Å². The first-order chi connectivity index (χ1) is 11.3. The number of allylic oxidation sites excluding steroid dienone is 3. The fourth-order valence-corrected chi connectivity index (χ4v) is 4.73. The Morgan fingerprint density at radius 2 is 1.92 bits per heavy atom. The smallest absolute Gasteiger partial charge is 0.419 e. The van der Waals surface area contributed by atoms with Crippen molar-refractivity contribution in [2.75, 3.05) is 13.2 Å². The maximum atomic E-state index is 14.0. The quantitative estimate of drug-likeness (QED) is 0.578. The molecular formula is C18H24BrF3O3. The molecule has 2 aliphatic heterocycles. The van der Waals surface area contributed by atoms with E-state index in [4.69, 9.17) is 14.2 Å². The van der Waals surface area contributed by atoms with Gasteiger partial charge in [0.25, 0.3) is 0 Å². The van der Waals surface area contributed by atoms with Gasteiger partial charge in [-0.25, -0.2) is 0 Å². The fourth-order valence-electron chi connectivity index (χ4n) is 4.04. The highest BCUT2D eigenvalue weighted by atomic mass is 79.9. The fraction of sp³-hybridized carbons (Fsp3) is 0.778. The maximum absolute atomic E-state index is 14.0. The Balaban J connectivity index is 1.96. The minimum Gasteiger partial charge on any atom is -0.496 e. The summed E-state index contributed by atoms with van der Waals surface area (Å²) in [6.45, 7) is 6.75. The van der Waals surface area contributed by atoms with Crippen LogP contribution in [-0.2, 0) is 14.2 Å². The zero-order chi connectivity index (χ0) is 18.7. The molecule has 7 heteroatoms. The molecular weight excluding hydrogens is 401 g/mol. The van der Waals surface area contributed by atoms with Gasteiger partial charge in [0, 0.05) is 6.42 Å². The lowest BCUT2D eigenvalue weighted by Crippen LogP contribution is -2.55. The lowest BCUT2D eigenvalue weighted by Gasteiger charge is -2.47. The van der Waals surface area contributed by atoms with Crippen molar-refractivity contribution >= 4 is 15.9 Å². The Morgan fingerprint density at radius 3 is 2.48 bits per heavy atom. The number of halogens is 4. The van der Waals surface area contributed by atoms with Gasteiger partial charge in [-0.3, -0.25) is 0 Å².